The fraction of sp³-hybridized carbons (Fsp3) is 0.769. The smallest absolute Gasteiger partial charge is 0.353 e. The summed E-state index contributed by atoms with van der Waals surface area (Å²) in [6, 6.07) is 0.122. The minimum atomic E-state index is -1.13. The molecule has 0 bridgehead atoms. The molecule has 2 atom stereocenters. The van der Waals surface area contributed by atoms with E-state index in [9.17, 15) is 9.59 Å². The van der Waals surface area contributed by atoms with Gasteiger partial charge in [-0.2, -0.15) is 0 Å². The normalized spacial score (nSPS) is 19.5. The van der Waals surface area contributed by atoms with Crippen LogP contribution in [-0.2, 0) is 14.4 Å². The first-order valence-corrected chi connectivity index (χ1v) is 6.77. The van der Waals surface area contributed by atoms with Crippen LogP contribution in [-0.4, -0.2) is 46.3 Å². The number of hydrogen-bond acceptors (Lipinski definition) is 4. The van der Waals surface area contributed by atoms with Gasteiger partial charge in [-0.25, -0.2) is 4.79 Å². The number of carboxylic acids is 1. The van der Waals surface area contributed by atoms with Gasteiger partial charge < -0.3 is 14.8 Å². The molecule has 0 saturated carbocycles. The number of aliphatic carboxylic acids is 1. The van der Waals surface area contributed by atoms with Gasteiger partial charge in [-0.1, -0.05) is 25.4 Å². The van der Waals surface area contributed by atoms with E-state index >= 15 is 0 Å². The molecular formula is C13H22N2O4. The topological polar surface area (TPSA) is 79.2 Å². The number of hydrogen-bond donors (Lipinski definition) is 1. The highest BCUT2D eigenvalue weighted by atomic mass is 16.6. The predicted octanol–water partition coefficient (Wildman–Crippen LogP) is 1.64. The number of carboxylic acid groups (broad SMARTS) is 1. The fourth-order valence-electron chi connectivity index (χ4n) is 1.92. The number of carbonyl (C=O) groups is 2. The first-order chi connectivity index (χ1) is 9.01. The lowest BCUT2D eigenvalue weighted by Crippen LogP contribution is -2.45. The SMILES string of the molecule is CCCCN(C(=O)C1CC(C(=O)O)=NO1)C(C)CC. The third-order valence-corrected chi connectivity index (χ3v) is 3.35. The van der Waals surface area contributed by atoms with Gasteiger partial charge in [-0.15, -0.1) is 0 Å². The summed E-state index contributed by atoms with van der Waals surface area (Å²) in [5, 5.41) is 12.3. The number of rotatable bonds is 7. The summed E-state index contributed by atoms with van der Waals surface area (Å²) in [6.45, 7) is 6.75. The molecule has 0 saturated heterocycles. The van der Waals surface area contributed by atoms with Crippen molar-refractivity contribution in [1.82, 2.24) is 4.90 Å². The van der Waals surface area contributed by atoms with Crippen molar-refractivity contribution in [1.29, 1.82) is 0 Å². The zero-order chi connectivity index (χ0) is 14.4. The Labute approximate surface area is 113 Å². The van der Waals surface area contributed by atoms with E-state index in [0.29, 0.717) is 6.54 Å². The van der Waals surface area contributed by atoms with Crippen LogP contribution in [0.1, 0.15) is 46.5 Å². The lowest BCUT2D eigenvalue weighted by atomic mass is 10.1. The van der Waals surface area contributed by atoms with Crippen LogP contribution < -0.4 is 0 Å². The van der Waals surface area contributed by atoms with Crippen molar-refractivity contribution in [3.8, 4) is 0 Å². The Morgan fingerprint density at radius 1 is 1.53 bits per heavy atom. The maximum atomic E-state index is 12.4. The molecule has 1 N–H and O–H groups in total. The second-order valence-corrected chi connectivity index (χ2v) is 4.78. The van der Waals surface area contributed by atoms with Crippen LogP contribution in [0.25, 0.3) is 0 Å². The quantitative estimate of drug-likeness (QED) is 0.762. The van der Waals surface area contributed by atoms with Crippen molar-refractivity contribution in [3.05, 3.63) is 0 Å². The molecule has 0 aromatic rings. The molecule has 0 spiro atoms. The summed E-state index contributed by atoms with van der Waals surface area (Å²) in [6.07, 6.45) is 2.05. The molecule has 1 amide bonds. The van der Waals surface area contributed by atoms with E-state index in [-0.39, 0.29) is 24.1 Å². The fourth-order valence-corrected chi connectivity index (χ4v) is 1.92. The molecule has 0 aromatic heterocycles. The highest BCUT2D eigenvalue weighted by molar-refractivity contribution is 6.36. The Morgan fingerprint density at radius 3 is 2.68 bits per heavy atom. The van der Waals surface area contributed by atoms with Crippen molar-refractivity contribution in [2.45, 2.75) is 58.6 Å². The van der Waals surface area contributed by atoms with Crippen LogP contribution in [0.5, 0.6) is 0 Å². The zero-order valence-corrected chi connectivity index (χ0v) is 11.8. The molecule has 6 heteroatoms. The van der Waals surface area contributed by atoms with Crippen molar-refractivity contribution in [3.63, 3.8) is 0 Å². The van der Waals surface area contributed by atoms with Gasteiger partial charge in [0.15, 0.2) is 5.71 Å². The molecule has 0 radical (unpaired) electrons. The van der Waals surface area contributed by atoms with Crippen LogP contribution >= 0.6 is 0 Å². The van der Waals surface area contributed by atoms with Gasteiger partial charge in [0, 0.05) is 19.0 Å². The zero-order valence-electron chi connectivity index (χ0n) is 11.8. The summed E-state index contributed by atoms with van der Waals surface area (Å²) >= 11 is 0. The van der Waals surface area contributed by atoms with Crippen LogP contribution in [0.15, 0.2) is 5.16 Å². The van der Waals surface area contributed by atoms with Crippen molar-refractivity contribution >= 4 is 17.6 Å². The van der Waals surface area contributed by atoms with Crippen LogP contribution in [0.3, 0.4) is 0 Å². The lowest BCUT2D eigenvalue weighted by molar-refractivity contribution is -0.144. The molecule has 1 heterocycles. The molecule has 2 unspecified atom stereocenters. The molecule has 0 fully saturated rings. The molecule has 0 aromatic carbocycles. The standard InChI is InChI=1S/C13H22N2O4/c1-4-6-7-15(9(3)5-2)12(16)11-8-10(13(17)18)14-19-11/h9,11H,4-8H2,1-3H3,(H,17,18). The van der Waals surface area contributed by atoms with E-state index in [0.717, 1.165) is 19.3 Å². The molecule has 19 heavy (non-hydrogen) atoms. The summed E-state index contributed by atoms with van der Waals surface area (Å²) in [7, 11) is 0. The maximum absolute atomic E-state index is 12.4. The molecular weight excluding hydrogens is 248 g/mol. The lowest BCUT2D eigenvalue weighted by Gasteiger charge is -2.30. The van der Waals surface area contributed by atoms with E-state index < -0.39 is 12.1 Å². The maximum Gasteiger partial charge on any atom is 0.353 e. The van der Waals surface area contributed by atoms with Gasteiger partial charge in [0.25, 0.3) is 5.91 Å². The first-order valence-electron chi connectivity index (χ1n) is 6.77. The third-order valence-electron chi connectivity index (χ3n) is 3.35. The molecule has 1 aliphatic heterocycles. The van der Waals surface area contributed by atoms with Crippen molar-refractivity contribution in [2.75, 3.05) is 6.54 Å². The first kappa shape index (κ1) is 15.5. The number of nitrogens with zero attached hydrogens (tertiary/aromatic N) is 2. The minimum Gasteiger partial charge on any atom is -0.477 e. The van der Waals surface area contributed by atoms with E-state index in [1.54, 1.807) is 4.90 Å². The van der Waals surface area contributed by atoms with Gasteiger partial charge in [-0.3, -0.25) is 4.79 Å². The second kappa shape index (κ2) is 7.11. The average molecular weight is 270 g/mol. The van der Waals surface area contributed by atoms with Crippen molar-refractivity contribution in [2.24, 2.45) is 5.16 Å². The monoisotopic (exact) mass is 270 g/mol. The Hall–Kier alpha value is -1.59. The second-order valence-electron chi connectivity index (χ2n) is 4.78. The van der Waals surface area contributed by atoms with Crippen LogP contribution in [0, 0.1) is 0 Å². The molecule has 108 valence electrons. The highest BCUT2D eigenvalue weighted by Crippen LogP contribution is 2.17. The van der Waals surface area contributed by atoms with Gasteiger partial charge >= 0.3 is 5.97 Å². The Morgan fingerprint density at radius 2 is 2.21 bits per heavy atom. The van der Waals surface area contributed by atoms with E-state index in [1.165, 1.54) is 0 Å². The summed E-state index contributed by atoms with van der Waals surface area (Å²) < 4.78 is 0. The van der Waals surface area contributed by atoms with Gasteiger partial charge in [0.1, 0.15) is 0 Å². The van der Waals surface area contributed by atoms with Gasteiger partial charge in [-0.05, 0) is 19.8 Å². The number of unbranched alkanes of at least 4 members (excludes halogenated alkanes) is 1. The Balaban J connectivity index is 2.65. The molecule has 0 aliphatic carbocycles. The third kappa shape index (κ3) is 3.94. The minimum absolute atomic E-state index is 0.0488. The van der Waals surface area contributed by atoms with Gasteiger partial charge in [0.05, 0.1) is 0 Å². The van der Waals surface area contributed by atoms with E-state index in [4.69, 9.17) is 9.94 Å². The predicted molar refractivity (Wildman–Crippen MR) is 70.9 cm³/mol. The number of carbonyl (C=O) groups excluding carboxylic acids is 1. The summed E-state index contributed by atoms with van der Waals surface area (Å²) in [5.41, 5.74) is -0.0852. The van der Waals surface area contributed by atoms with Crippen LogP contribution in [0.2, 0.25) is 0 Å². The molecule has 6 nitrogen and oxygen atoms in total. The average Bonchev–Trinajstić information content (AvgIpc) is 2.88. The van der Waals surface area contributed by atoms with Crippen LogP contribution in [0.4, 0.5) is 0 Å². The Kier molecular flexibility index (Phi) is 5.79. The largest absolute Gasteiger partial charge is 0.477 e. The Bertz CT molecular complexity index is 368. The van der Waals surface area contributed by atoms with Crippen molar-refractivity contribution < 1.29 is 19.5 Å². The van der Waals surface area contributed by atoms with E-state index in [1.807, 2.05) is 13.8 Å². The molecule has 1 aliphatic rings. The molecule has 1 rings (SSSR count). The summed E-state index contributed by atoms with van der Waals surface area (Å²) in [4.78, 5) is 29.9. The highest BCUT2D eigenvalue weighted by Gasteiger charge is 2.35. The van der Waals surface area contributed by atoms with Gasteiger partial charge in [0.2, 0.25) is 6.10 Å². The number of amides is 1. The number of oxime groups is 1. The van der Waals surface area contributed by atoms with E-state index in [2.05, 4.69) is 12.1 Å². The summed E-state index contributed by atoms with van der Waals surface area (Å²) in [5.74, 6) is -1.29.